The van der Waals surface area contributed by atoms with Gasteiger partial charge in [-0.15, -0.1) is 0 Å². The van der Waals surface area contributed by atoms with Gasteiger partial charge >= 0.3 is 0 Å². The number of aryl methyl sites for hydroxylation is 1. The summed E-state index contributed by atoms with van der Waals surface area (Å²) in [6, 6.07) is 14.9. The van der Waals surface area contributed by atoms with Gasteiger partial charge in [0.05, 0.1) is 0 Å². The number of hydrogen-bond acceptors (Lipinski definition) is 0. The molecule has 4 rings (SSSR count). The topological polar surface area (TPSA) is 0 Å². The van der Waals surface area contributed by atoms with Gasteiger partial charge in [-0.1, -0.05) is 55.8 Å². The van der Waals surface area contributed by atoms with Crippen LogP contribution in [-0.4, -0.2) is 0 Å². The van der Waals surface area contributed by atoms with Gasteiger partial charge in [0, 0.05) is 11.1 Å². The lowest BCUT2D eigenvalue weighted by molar-refractivity contribution is 0.612. The molecule has 1 aliphatic carbocycles. The maximum absolute atomic E-state index is 15.1. The highest BCUT2D eigenvalue weighted by Gasteiger charge is 2.20. The molecule has 28 heavy (non-hydrogen) atoms. The number of hydrogen-bond donors (Lipinski definition) is 0. The summed E-state index contributed by atoms with van der Waals surface area (Å²) in [5.74, 6) is -0.844. The second-order valence-electron chi connectivity index (χ2n) is 7.25. The van der Waals surface area contributed by atoms with Gasteiger partial charge < -0.3 is 0 Å². The van der Waals surface area contributed by atoms with Crippen molar-refractivity contribution in [3.05, 3.63) is 100 Å². The van der Waals surface area contributed by atoms with Crippen molar-refractivity contribution in [3.63, 3.8) is 0 Å². The first kappa shape index (κ1) is 18.5. The molecule has 0 fully saturated rings. The zero-order valence-corrected chi connectivity index (χ0v) is 15.7. The molecule has 0 bridgehead atoms. The molecule has 3 heteroatoms. The third-order valence-corrected chi connectivity index (χ3v) is 5.35. The zero-order chi connectivity index (χ0) is 19.7. The van der Waals surface area contributed by atoms with Crippen LogP contribution in [0.1, 0.15) is 35.6 Å². The van der Waals surface area contributed by atoms with Crippen LogP contribution in [0.4, 0.5) is 13.2 Å². The van der Waals surface area contributed by atoms with Crippen molar-refractivity contribution in [2.75, 3.05) is 0 Å². The van der Waals surface area contributed by atoms with E-state index in [4.69, 9.17) is 0 Å². The quantitative estimate of drug-likeness (QED) is 0.463. The van der Waals surface area contributed by atoms with E-state index in [2.05, 4.69) is 6.92 Å². The fourth-order valence-electron chi connectivity index (χ4n) is 3.87. The number of halogens is 3. The van der Waals surface area contributed by atoms with E-state index in [1.54, 1.807) is 24.3 Å². The second kappa shape index (κ2) is 7.67. The lowest BCUT2D eigenvalue weighted by Crippen LogP contribution is -2.07. The van der Waals surface area contributed by atoms with E-state index in [1.165, 1.54) is 12.1 Å². The standard InChI is InChI=1S/C25H21F3/c1-2-3-16-4-11-21(24(27)14-16)18-7-13-23-19(15-18)8-12-22(25(23)28)17-5-9-20(26)10-6-17/h4-12,14H,2-3,13,15H2,1H3. The second-order valence-corrected chi connectivity index (χ2v) is 7.25. The van der Waals surface area contributed by atoms with Crippen molar-refractivity contribution < 1.29 is 13.2 Å². The van der Waals surface area contributed by atoms with Crippen molar-refractivity contribution in [1.82, 2.24) is 0 Å². The van der Waals surface area contributed by atoms with Crippen LogP contribution in [0.2, 0.25) is 0 Å². The molecule has 0 spiro atoms. The molecule has 3 aromatic rings. The van der Waals surface area contributed by atoms with E-state index in [0.29, 0.717) is 35.1 Å². The highest BCUT2D eigenvalue weighted by atomic mass is 19.1. The van der Waals surface area contributed by atoms with Gasteiger partial charge in [-0.05, 0) is 65.3 Å². The first-order valence-electron chi connectivity index (χ1n) is 9.61. The summed E-state index contributed by atoms with van der Waals surface area (Å²) >= 11 is 0. The Labute approximate surface area is 163 Å². The van der Waals surface area contributed by atoms with E-state index in [-0.39, 0.29) is 17.5 Å². The van der Waals surface area contributed by atoms with Crippen molar-refractivity contribution in [3.8, 4) is 11.1 Å². The van der Waals surface area contributed by atoms with Gasteiger partial charge in [-0.2, -0.15) is 0 Å². The first-order chi connectivity index (χ1) is 13.6. The van der Waals surface area contributed by atoms with Crippen LogP contribution in [0.15, 0.2) is 60.7 Å². The monoisotopic (exact) mass is 378 g/mol. The number of benzene rings is 3. The highest BCUT2D eigenvalue weighted by Crippen LogP contribution is 2.34. The smallest absolute Gasteiger partial charge is 0.134 e. The molecule has 0 aliphatic heterocycles. The van der Waals surface area contributed by atoms with Crippen LogP contribution >= 0.6 is 0 Å². The summed E-state index contributed by atoms with van der Waals surface area (Å²) in [6.45, 7) is 2.07. The Morgan fingerprint density at radius 3 is 2.32 bits per heavy atom. The predicted octanol–water partition coefficient (Wildman–Crippen LogP) is 6.91. The summed E-state index contributed by atoms with van der Waals surface area (Å²) < 4.78 is 42.8. The van der Waals surface area contributed by atoms with E-state index >= 15 is 4.39 Å². The Hall–Kier alpha value is -2.81. The number of fused-ring (bicyclic) bond motifs is 1. The zero-order valence-electron chi connectivity index (χ0n) is 15.7. The van der Waals surface area contributed by atoms with Crippen molar-refractivity contribution >= 4 is 5.57 Å². The molecular weight excluding hydrogens is 357 g/mol. The van der Waals surface area contributed by atoms with Gasteiger partial charge in [0.25, 0.3) is 0 Å². The Kier molecular flexibility index (Phi) is 5.08. The van der Waals surface area contributed by atoms with Crippen LogP contribution in [-0.2, 0) is 19.3 Å². The Morgan fingerprint density at radius 2 is 1.61 bits per heavy atom. The van der Waals surface area contributed by atoms with Crippen molar-refractivity contribution in [1.29, 1.82) is 0 Å². The van der Waals surface area contributed by atoms with E-state index in [9.17, 15) is 8.78 Å². The maximum atomic E-state index is 15.1. The minimum Gasteiger partial charge on any atom is -0.207 e. The largest absolute Gasteiger partial charge is 0.207 e. The normalized spacial score (nSPS) is 13.2. The Balaban J connectivity index is 1.64. The van der Waals surface area contributed by atoms with Gasteiger partial charge in [-0.25, -0.2) is 13.2 Å². The summed E-state index contributed by atoms with van der Waals surface area (Å²) in [7, 11) is 0. The molecule has 1 aliphatic rings. The summed E-state index contributed by atoms with van der Waals surface area (Å²) in [4.78, 5) is 0. The minimum absolute atomic E-state index is 0.218. The summed E-state index contributed by atoms with van der Waals surface area (Å²) in [5.41, 5.74) is 5.09. The Morgan fingerprint density at radius 1 is 0.857 bits per heavy atom. The molecule has 0 nitrogen and oxygen atoms in total. The van der Waals surface area contributed by atoms with E-state index < -0.39 is 0 Å². The molecule has 3 aromatic carbocycles. The average molecular weight is 378 g/mol. The van der Waals surface area contributed by atoms with Crippen molar-refractivity contribution in [2.24, 2.45) is 0 Å². The molecule has 0 radical (unpaired) electrons. The third kappa shape index (κ3) is 3.49. The van der Waals surface area contributed by atoms with Crippen LogP contribution in [0.3, 0.4) is 0 Å². The van der Waals surface area contributed by atoms with E-state index in [1.807, 2.05) is 24.3 Å². The predicted molar refractivity (Wildman–Crippen MR) is 108 cm³/mol. The first-order valence-corrected chi connectivity index (χ1v) is 9.61. The van der Waals surface area contributed by atoms with Crippen LogP contribution < -0.4 is 0 Å². The van der Waals surface area contributed by atoms with Crippen LogP contribution in [0.5, 0.6) is 0 Å². The molecule has 0 saturated heterocycles. The fraction of sp³-hybridized carbons (Fsp3) is 0.200. The SMILES string of the molecule is CCCc1ccc(C2=CCc3c(ccc(-c4ccc(F)cc4)c3F)C2)c(F)c1. The average Bonchev–Trinajstić information content (AvgIpc) is 2.69. The third-order valence-electron chi connectivity index (χ3n) is 5.35. The minimum atomic E-state index is -0.346. The highest BCUT2D eigenvalue weighted by molar-refractivity contribution is 5.73. The lowest BCUT2D eigenvalue weighted by atomic mass is 9.85. The summed E-state index contributed by atoms with van der Waals surface area (Å²) in [6.07, 6.45) is 4.67. The maximum Gasteiger partial charge on any atom is 0.134 e. The molecule has 0 aromatic heterocycles. The van der Waals surface area contributed by atoms with E-state index in [0.717, 1.165) is 29.5 Å². The van der Waals surface area contributed by atoms with Gasteiger partial charge in [-0.3, -0.25) is 0 Å². The molecule has 0 heterocycles. The molecular formula is C25H21F3. The molecule has 0 amide bonds. The molecule has 0 unspecified atom stereocenters. The van der Waals surface area contributed by atoms with Crippen LogP contribution in [0.25, 0.3) is 16.7 Å². The number of allylic oxidation sites excluding steroid dienone is 2. The van der Waals surface area contributed by atoms with Crippen molar-refractivity contribution in [2.45, 2.75) is 32.6 Å². The van der Waals surface area contributed by atoms with Gasteiger partial charge in [0.15, 0.2) is 0 Å². The molecule has 0 N–H and O–H groups in total. The fourth-order valence-corrected chi connectivity index (χ4v) is 3.87. The molecule has 142 valence electrons. The summed E-state index contributed by atoms with van der Waals surface area (Å²) in [5, 5.41) is 0. The number of rotatable bonds is 4. The van der Waals surface area contributed by atoms with Crippen LogP contribution in [0, 0.1) is 17.5 Å². The molecule has 0 atom stereocenters. The van der Waals surface area contributed by atoms with Gasteiger partial charge in [0.2, 0.25) is 0 Å². The Bertz CT molecular complexity index is 1050. The lowest BCUT2D eigenvalue weighted by Gasteiger charge is -2.20. The molecule has 0 saturated carbocycles. The van der Waals surface area contributed by atoms with Gasteiger partial charge in [0.1, 0.15) is 17.5 Å².